The van der Waals surface area contributed by atoms with Crippen LogP contribution in [0.1, 0.15) is 18.7 Å². The van der Waals surface area contributed by atoms with Crippen LogP contribution < -0.4 is 10.5 Å². The normalized spacial score (nSPS) is 14.7. The molecule has 3 rings (SSSR count). The Morgan fingerprint density at radius 1 is 1.39 bits per heavy atom. The highest BCUT2D eigenvalue weighted by atomic mass is 16.5. The minimum absolute atomic E-state index is 0.255. The molecule has 1 aliphatic carbocycles. The van der Waals surface area contributed by atoms with Gasteiger partial charge in [-0.1, -0.05) is 17.3 Å². The molecule has 0 aliphatic heterocycles. The molecule has 1 aliphatic rings. The van der Waals surface area contributed by atoms with E-state index in [1.54, 1.807) is 0 Å². The number of rotatable bonds is 5. The zero-order valence-corrected chi connectivity index (χ0v) is 10.0. The highest BCUT2D eigenvalue weighted by molar-refractivity contribution is 5.56. The second kappa shape index (κ2) is 4.78. The SMILES string of the molecule is NCc1nc(-c2cccc(OCC3CC3)c2)no1. The summed E-state index contributed by atoms with van der Waals surface area (Å²) in [5.41, 5.74) is 6.32. The molecule has 0 radical (unpaired) electrons. The third-order valence-electron chi connectivity index (χ3n) is 2.92. The van der Waals surface area contributed by atoms with E-state index in [0.29, 0.717) is 11.7 Å². The van der Waals surface area contributed by atoms with E-state index < -0.39 is 0 Å². The first kappa shape index (κ1) is 11.2. The third-order valence-corrected chi connectivity index (χ3v) is 2.92. The zero-order valence-electron chi connectivity index (χ0n) is 10.0. The van der Waals surface area contributed by atoms with Crippen molar-refractivity contribution in [2.75, 3.05) is 6.61 Å². The lowest BCUT2D eigenvalue weighted by atomic mass is 10.2. The van der Waals surface area contributed by atoms with Gasteiger partial charge in [0.25, 0.3) is 0 Å². The Bertz CT molecular complexity index is 535. The fraction of sp³-hybridized carbons (Fsp3) is 0.385. The van der Waals surface area contributed by atoms with Gasteiger partial charge in [0.05, 0.1) is 13.2 Å². The molecular weight excluding hydrogens is 230 g/mol. The van der Waals surface area contributed by atoms with E-state index >= 15 is 0 Å². The maximum Gasteiger partial charge on any atom is 0.240 e. The molecule has 0 bridgehead atoms. The lowest BCUT2D eigenvalue weighted by Gasteiger charge is -2.05. The van der Waals surface area contributed by atoms with Gasteiger partial charge in [0.15, 0.2) is 0 Å². The van der Waals surface area contributed by atoms with Crippen molar-refractivity contribution in [3.8, 4) is 17.1 Å². The molecule has 18 heavy (non-hydrogen) atoms. The van der Waals surface area contributed by atoms with Crippen molar-refractivity contribution >= 4 is 0 Å². The first-order valence-corrected chi connectivity index (χ1v) is 6.11. The number of benzene rings is 1. The topological polar surface area (TPSA) is 74.2 Å². The van der Waals surface area contributed by atoms with E-state index in [0.717, 1.165) is 23.8 Å². The van der Waals surface area contributed by atoms with Crippen LogP contribution in [0.5, 0.6) is 5.75 Å². The third kappa shape index (κ3) is 2.51. The molecule has 1 fully saturated rings. The number of aromatic nitrogens is 2. The molecule has 1 saturated carbocycles. The van der Waals surface area contributed by atoms with Crippen molar-refractivity contribution in [2.24, 2.45) is 11.7 Å². The summed E-state index contributed by atoms with van der Waals surface area (Å²) in [6.07, 6.45) is 2.56. The molecule has 5 nitrogen and oxygen atoms in total. The number of nitrogens with zero attached hydrogens (tertiary/aromatic N) is 2. The Labute approximate surface area is 105 Å². The molecule has 1 aromatic heterocycles. The molecule has 94 valence electrons. The summed E-state index contributed by atoms with van der Waals surface area (Å²) in [5.74, 6) is 2.57. The fourth-order valence-corrected chi connectivity index (χ4v) is 1.68. The van der Waals surface area contributed by atoms with Crippen LogP contribution in [0.2, 0.25) is 0 Å². The van der Waals surface area contributed by atoms with Crippen LogP contribution >= 0.6 is 0 Å². The van der Waals surface area contributed by atoms with Crippen molar-refractivity contribution in [3.63, 3.8) is 0 Å². The predicted molar refractivity (Wildman–Crippen MR) is 65.8 cm³/mol. The molecule has 1 aromatic carbocycles. The van der Waals surface area contributed by atoms with Gasteiger partial charge in [-0.15, -0.1) is 0 Å². The van der Waals surface area contributed by atoms with E-state index in [1.807, 2.05) is 24.3 Å². The van der Waals surface area contributed by atoms with Crippen LogP contribution in [0.25, 0.3) is 11.4 Å². The first-order chi connectivity index (χ1) is 8.85. The van der Waals surface area contributed by atoms with Crippen LogP contribution in [0.3, 0.4) is 0 Å². The molecule has 2 aromatic rings. The van der Waals surface area contributed by atoms with Gasteiger partial charge in [-0.05, 0) is 30.9 Å². The Morgan fingerprint density at radius 3 is 3.00 bits per heavy atom. The Hall–Kier alpha value is -1.88. The molecule has 0 saturated heterocycles. The first-order valence-electron chi connectivity index (χ1n) is 6.11. The minimum Gasteiger partial charge on any atom is -0.493 e. The number of nitrogens with two attached hydrogens (primary N) is 1. The van der Waals surface area contributed by atoms with E-state index in [-0.39, 0.29) is 6.54 Å². The average Bonchev–Trinajstić information content (AvgIpc) is 3.12. The maximum atomic E-state index is 5.71. The monoisotopic (exact) mass is 245 g/mol. The van der Waals surface area contributed by atoms with Crippen LogP contribution in [0, 0.1) is 5.92 Å². The molecule has 5 heteroatoms. The lowest BCUT2D eigenvalue weighted by molar-refractivity contribution is 0.300. The van der Waals surface area contributed by atoms with Gasteiger partial charge in [0.1, 0.15) is 5.75 Å². The molecule has 0 unspecified atom stereocenters. The molecule has 0 amide bonds. The van der Waals surface area contributed by atoms with Gasteiger partial charge in [-0.3, -0.25) is 0 Å². The standard InChI is InChI=1S/C13H15N3O2/c14-7-12-15-13(16-18-12)10-2-1-3-11(6-10)17-8-9-4-5-9/h1-3,6,9H,4-5,7-8,14H2. The van der Waals surface area contributed by atoms with Crippen molar-refractivity contribution < 1.29 is 9.26 Å². The summed E-state index contributed by atoms with van der Waals surface area (Å²) < 4.78 is 10.7. The summed E-state index contributed by atoms with van der Waals surface area (Å²) in [4.78, 5) is 4.19. The fourth-order valence-electron chi connectivity index (χ4n) is 1.68. The number of ether oxygens (including phenoxy) is 1. The lowest BCUT2D eigenvalue weighted by Crippen LogP contribution is -1.99. The summed E-state index contributed by atoms with van der Waals surface area (Å²) in [7, 11) is 0. The molecular formula is C13H15N3O2. The van der Waals surface area contributed by atoms with E-state index in [9.17, 15) is 0 Å². The van der Waals surface area contributed by atoms with Crippen LogP contribution in [0.4, 0.5) is 0 Å². The minimum atomic E-state index is 0.255. The quantitative estimate of drug-likeness (QED) is 0.871. The van der Waals surface area contributed by atoms with Gasteiger partial charge in [-0.2, -0.15) is 4.98 Å². The van der Waals surface area contributed by atoms with Crippen molar-refractivity contribution in [1.29, 1.82) is 0 Å². The van der Waals surface area contributed by atoms with Gasteiger partial charge in [0.2, 0.25) is 11.7 Å². The highest BCUT2D eigenvalue weighted by Crippen LogP contribution is 2.30. The highest BCUT2D eigenvalue weighted by Gasteiger charge is 2.21. The Balaban J connectivity index is 1.76. The van der Waals surface area contributed by atoms with E-state index in [4.69, 9.17) is 15.0 Å². The van der Waals surface area contributed by atoms with Gasteiger partial charge in [-0.25, -0.2) is 0 Å². The second-order valence-corrected chi connectivity index (χ2v) is 4.50. The van der Waals surface area contributed by atoms with Crippen molar-refractivity contribution in [3.05, 3.63) is 30.2 Å². The summed E-state index contributed by atoms with van der Waals surface area (Å²) in [6.45, 7) is 1.05. The molecule has 0 spiro atoms. The summed E-state index contributed by atoms with van der Waals surface area (Å²) in [5, 5.41) is 3.88. The van der Waals surface area contributed by atoms with Crippen molar-refractivity contribution in [2.45, 2.75) is 19.4 Å². The Morgan fingerprint density at radius 2 is 2.28 bits per heavy atom. The van der Waals surface area contributed by atoms with Crippen LogP contribution in [-0.2, 0) is 6.54 Å². The summed E-state index contributed by atoms with van der Waals surface area (Å²) >= 11 is 0. The van der Waals surface area contributed by atoms with Gasteiger partial charge < -0.3 is 15.0 Å². The van der Waals surface area contributed by atoms with E-state index in [2.05, 4.69) is 10.1 Å². The molecule has 0 atom stereocenters. The number of hydrogen-bond donors (Lipinski definition) is 1. The predicted octanol–water partition coefficient (Wildman–Crippen LogP) is 1.98. The van der Waals surface area contributed by atoms with Crippen molar-refractivity contribution in [1.82, 2.24) is 10.1 Å². The zero-order chi connectivity index (χ0) is 12.4. The Kier molecular flexibility index (Phi) is 2.98. The van der Waals surface area contributed by atoms with E-state index in [1.165, 1.54) is 12.8 Å². The average molecular weight is 245 g/mol. The largest absolute Gasteiger partial charge is 0.493 e. The van der Waals surface area contributed by atoms with Crippen LogP contribution in [0.15, 0.2) is 28.8 Å². The van der Waals surface area contributed by atoms with Gasteiger partial charge >= 0.3 is 0 Å². The molecule has 2 N–H and O–H groups in total. The number of hydrogen-bond acceptors (Lipinski definition) is 5. The second-order valence-electron chi connectivity index (χ2n) is 4.50. The van der Waals surface area contributed by atoms with Crippen LogP contribution in [-0.4, -0.2) is 16.7 Å². The maximum absolute atomic E-state index is 5.71. The molecule has 1 heterocycles. The smallest absolute Gasteiger partial charge is 0.240 e. The summed E-state index contributed by atoms with van der Waals surface area (Å²) in [6, 6.07) is 7.72. The van der Waals surface area contributed by atoms with Gasteiger partial charge in [0, 0.05) is 5.56 Å².